The molecular weight excluding hydrogens is 322 g/mol. The zero-order chi connectivity index (χ0) is 14.5. The molecule has 5 heteroatoms. The molecule has 0 bridgehead atoms. The highest BCUT2D eigenvalue weighted by atomic mass is 79.9. The molecule has 0 fully saturated rings. The molecule has 0 atom stereocenters. The lowest BCUT2D eigenvalue weighted by Gasteiger charge is -2.12. The fourth-order valence-corrected chi connectivity index (χ4v) is 2.35. The second-order valence-electron chi connectivity index (χ2n) is 4.17. The Labute approximate surface area is 126 Å². The highest BCUT2D eigenvalue weighted by Crippen LogP contribution is 2.31. The van der Waals surface area contributed by atoms with Crippen LogP contribution < -0.4 is 19.9 Å². The van der Waals surface area contributed by atoms with Gasteiger partial charge in [0.15, 0.2) is 11.5 Å². The van der Waals surface area contributed by atoms with E-state index in [1.54, 1.807) is 32.4 Å². The van der Waals surface area contributed by atoms with Crippen molar-refractivity contribution < 1.29 is 14.2 Å². The number of rotatable bonds is 5. The first-order chi connectivity index (χ1) is 9.63. The Balaban J connectivity index is 2.12. The SMILES string of the molecule is COc1ccc(COc2cc(N)ccc2OC)cc1Br. The minimum absolute atomic E-state index is 0.419. The van der Waals surface area contributed by atoms with E-state index in [1.807, 2.05) is 18.2 Å². The van der Waals surface area contributed by atoms with Crippen LogP contribution in [-0.2, 0) is 6.61 Å². The summed E-state index contributed by atoms with van der Waals surface area (Å²) in [6.07, 6.45) is 0. The predicted octanol–water partition coefficient (Wildman–Crippen LogP) is 3.63. The van der Waals surface area contributed by atoms with Crippen molar-refractivity contribution in [2.75, 3.05) is 20.0 Å². The van der Waals surface area contributed by atoms with Gasteiger partial charge in [-0.25, -0.2) is 0 Å². The number of ether oxygens (including phenoxy) is 3. The first-order valence-electron chi connectivity index (χ1n) is 6.02. The standard InChI is InChI=1S/C15H16BrNO3/c1-18-13-5-3-10(7-12(13)16)9-20-15-8-11(17)4-6-14(15)19-2/h3-8H,9,17H2,1-2H3. The van der Waals surface area contributed by atoms with Crippen molar-refractivity contribution in [3.8, 4) is 17.2 Å². The van der Waals surface area contributed by atoms with Gasteiger partial charge in [0, 0.05) is 11.8 Å². The van der Waals surface area contributed by atoms with Crippen LogP contribution in [0.15, 0.2) is 40.9 Å². The third-order valence-corrected chi connectivity index (χ3v) is 3.42. The average Bonchev–Trinajstić information content (AvgIpc) is 2.45. The van der Waals surface area contributed by atoms with Crippen LogP contribution >= 0.6 is 15.9 Å². The number of benzene rings is 2. The predicted molar refractivity (Wildman–Crippen MR) is 82.4 cm³/mol. The van der Waals surface area contributed by atoms with Gasteiger partial charge in [-0.15, -0.1) is 0 Å². The van der Waals surface area contributed by atoms with Crippen molar-refractivity contribution in [3.63, 3.8) is 0 Å². The number of hydrogen-bond acceptors (Lipinski definition) is 4. The Morgan fingerprint density at radius 1 is 0.950 bits per heavy atom. The first-order valence-corrected chi connectivity index (χ1v) is 6.82. The Kier molecular flexibility index (Phi) is 4.74. The number of methoxy groups -OCH3 is 2. The van der Waals surface area contributed by atoms with E-state index >= 15 is 0 Å². The maximum Gasteiger partial charge on any atom is 0.163 e. The van der Waals surface area contributed by atoms with Crippen LogP contribution in [0.5, 0.6) is 17.2 Å². The Bertz CT molecular complexity index is 602. The van der Waals surface area contributed by atoms with E-state index in [0.717, 1.165) is 15.8 Å². The molecule has 2 rings (SSSR count). The molecule has 0 aliphatic rings. The minimum Gasteiger partial charge on any atom is -0.496 e. The molecule has 2 N–H and O–H groups in total. The average molecular weight is 338 g/mol. The monoisotopic (exact) mass is 337 g/mol. The van der Waals surface area contributed by atoms with Gasteiger partial charge in [0.05, 0.1) is 18.7 Å². The summed E-state index contributed by atoms with van der Waals surface area (Å²) < 4.78 is 17.1. The molecule has 2 aromatic rings. The second-order valence-corrected chi connectivity index (χ2v) is 5.02. The molecule has 0 saturated heterocycles. The lowest BCUT2D eigenvalue weighted by molar-refractivity contribution is 0.284. The third kappa shape index (κ3) is 3.36. The van der Waals surface area contributed by atoms with Gasteiger partial charge in [-0.2, -0.15) is 0 Å². The normalized spacial score (nSPS) is 10.2. The van der Waals surface area contributed by atoms with Crippen LogP contribution in [0.4, 0.5) is 5.69 Å². The molecule has 4 nitrogen and oxygen atoms in total. The maximum absolute atomic E-state index is 5.76. The number of halogens is 1. The fraction of sp³-hybridized carbons (Fsp3) is 0.200. The fourth-order valence-electron chi connectivity index (χ4n) is 1.77. The van der Waals surface area contributed by atoms with Crippen LogP contribution in [0.2, 0.25) is 0 Å². The molecule has 0 spiro atoms. The quantitative estimate of drug-likeness (QED) is 0.846. The third-order valence-electron chi connectivity index (χ3n) is 2.80. The molecule has 2 aromatic carbocycles. The van der Waals surface area contributed by atoms with E-state index in [1.165, 1.54) is 0 Å². The first kappa shape index (κ1) is 14.5. The van der Waals surface area contributed by atoms with Crippen molar-refractivity contribution in [1.29, 1.82) is 0 Å². The van der Waals surface area contributed by atoms with Gasteiger partial charge in [0.1, 0.15) is 12.4 Å². The molecule has 20 heavy (non-hydrogen) atoms. The van der Waals surface area contributed by atoms with E-state index in [2.05, 4.69) is 15.9 Å². The van der Waals surface area contributed by atoms with Crippen LogP contribution in [0.25, 0.3) is 0 Å². The summed E-state index contributed by atoms with van der Waals surface area (Å²) >= 11 is 3.45. The van der Waals surface area contributed by atoms with E-state index in [9.17, 15) is 0 Å². The molecule has 0 aliphatic carbocycles. The summed E-state index contributed by atoms with van der Waals surface area (Å²) in [7, 11) is 3.23. The van der Waals surface area contributed by atoms with E-state index in [-0.39, 0.29) is 0 Å². The van der Waals surface area contributed by atoms with E-state index < -0.39 is 0 Å². The smallest absolute Gasteiger partial charge is 0.163 e. The van der Waals surface area contributed by atoms with E-state index in [4.69, 9.17) is 19.9 Å². The Morgan fingerprint density at radius 3 is 2.30 bits per heavy atom. The molecule has 0 aromatic heterocycles. The lowest BCUT2D eigenvalue weighted by Crippen LogP contribution is -1.99. The zero-order valence-corrected chi connectivity index (χ0v) is 12.9. The largest absolute Gasteiger partial charge is 0.496 e. The maximum atomic E-state index is 5.76. The van der Waals surface area contributed by atoms with Crippen molar-refractivity contribution in [3.05, 3.63) is 46.4 Å². The van der Waals surface area contributed by atoms with Gasteiger partial charge >= 0.3 is 0 Å². The second kappa shape index (κ2) is 6.52. The van der Waals surface area contributed by atoms with E-state index in [0.29, 0.717) is 23.8 Å². The number of anilines is 1. The van der Waals surface area contributed by atoms with Gasteiger partial charge in [0.25, 0.3) is 0 Å². The summed E-state index contributed by atoms with van der Waals surface area (Å²) in [4.78, 5) is 0. The number of nitrogens with two attached hydrogens (primary N) is 1. The van der Waals surface area contributed by atoms with Gasteiger partial charge in [-0.3, -0.25) is 0 Å². The van der Waals surface area contributed by atoms with Gasteiger partial charge < -0.3 is 19.9 Å². The zero-order valence-electron chi connectivity index (χ0n) is 11.4. The molecular formula is C15H16BrNO3. The molecule has 0 unspecified atom stereocenters. The summed E-state index contributed by atoms with van der Waals surface area (Å²) in [5, 5.41) is 0. The summed E-state index contributed by atoms with van der Waals surface area (Å²) in [6, 6.07) is 11.1. The highest BCUT2D eigenvalue weighted by Gasteiger charge is 2.06. The lowest BCUT2D eigenvalue weighted by atomic mass is 10.2. The van der Waals surface area contributed by atoms with Crippen molar-refractivity contribution in [1.82, 2.24) is 0 Å². The minimum atomic E-state index is 0.419. The van der Waals surface area contributed by atoms with Crippen molar-refractivity contribution in [2.45, 2.75) is 6.61 Å². The Hall–Kier alpha value is -1.88. The Morgan fingerprint density at radius 2 is 1.65 bits per heavy atom. The van der Waals surface area contributed by atoms with Crippen LogP contribution in [0.1, 0.15) is 5.56 Å². The molecule has 0 radical (unpaired) electrons. The van der Waals surface area contributed by atoms with Gasteiger partial charge in [-0.1, -0.05) is 6.07 Å². The van der Waals surface area contributed by atoms with Crippen molar-refractivity contribution >= 4 is 21.6 Å². The highest BCUT2D eigenvalue weighted by molar-refractivity contribution is 9.10. The van der Waals surface area contributed by atoms with Crippen LogP contribution in [0, 0.1) is 0 Å². The van der Waals surface area contributed by atoms with Crippen LogP contribution in [0.3, 0.4) is 0 Å². The molecule has 0 amide bonds. The summed E-state index contributed by atoms with van der Waals surface area (Å²) in [5.41, 5.74) is 7.41. The molecule has 0 saturated carbocycles. The number of hydrogen-bond donors (Lipinski definition) is 1. The summed E-state index contributed by atoms with van der Waals surface area (Å²) in [5.74, 6) is 2.07. The van der Waals surface area contributed by atoms with Gasteiger partial charge in [0.2, 0.25) is 0 Å². The van der Waals surface area contributed by atoms with Crippen molar-refractivity contribution in [2.24, 2.45) is 0 Å². The van der Waals surface area contributed by atoms with Crippen LogP contribution in [-0.4, -0.2) is 14.2 Å². The number of nitrogen functional groups attached to an aromatic ring is 1. The summed E-state index contributed by atoms with van der Waals surface area (Å²) in [6.45, 7) is 0.419. The molecule has 0 aliphatic heterocycles. The molecule has 0 heterocycles. The topological polar surface area (TPSA) is 53.7 Å². The van der Waals surface area contributed by atoms with Gasteiger partial charge in [-0.05, 0) is 45.8 Å². The molecule has 106 valence electrons.